The van der Waals surface area contributed by atoms with E-state index in [-0.39, 0.29) is 17.7 Å². The summed E-state index contributed by atoms with van der Waals surface area (Å²) in [5.41, 5.74) is 6.26. The summed E-state index contributed by atoms with van der Waals surface area (Å²) in [6.45, 7) is 2.26. The fourth-order valence-corrected chi connectivity index (χ4v) is 6.23. The van der Waals surface area contributed by atoms with E-state index >= 15 is 0 Å². The number of ketones is 1. The number of hydrazone groups is 1. The zero-order valence-electron chi connectivity index (χ0n) is 25.9. The van der Waals surface area contributed by atoms with E-state index in [1.165, 1.54) is 5.57 Å². The van der Waals surface area contributed by atoms with Crippen LogP contribution in [0.15, 0.2) is 108 Å². The Morgan fingerprint density at radius 2 is 1.27 bits per heavy atom. The Morgan fingerprint density at radius 1 is 0.733 bits per heavy atom. The van der Waals surface area contributed by atoms with Gasteiger partial charge < -0.3 is 14.2 Å². The third kappa shape index (κ3) is 6.25. The molecule has 0 spiro atoms. The Kier molecular flexibility index (Phi) is 8.52. The van der Waals surface area contributed by atoms with E-state index in [9.17, 15) is 9.59 Å². The number of allylic oxidation sites excluding steroid dienone is 1. The molecule has 3 atom stereocenters. The van der Waals surface area contributed by atoms with Gasteiger partial charge in [0, 0.05) is 24.1 Å². The molecule has 1 aliphatic carbocycles. The summed E-state index contributed by atoms with van der Waals surface area (Å²) < 4.78 is 16.0. The first kappa shape index (κ1) is 29.9. The summed E-state index contributed by atoms with van der Waals surface area (Å²) in [4.78, 5) is 25.6. The number of benzene rings is 4. The summed E-state index contributed by atoms with van der Waals surface area (Å²) >= 11 is 0. The van der Waals surface area contributed by atoms with Gasteiger partial charge in [0.05, 0.1) is 31.5 Å². The molecule has 0 radical (unpaired) electrons. The molecular formula is C38H36N2O5. The van der Waals surface area contributed by atoms with Crippen molar-refractivity contribution in [1.82, 2.24) is 5.01 Å². The Labute approximate surface area is 263 Å². The van der Waals surface area contributed by atoms with Gasteiger partial charge in [0.1, 0.15) is 17.2 Å². The third-order valence-corrected chi connectivity index (χ3v) is 8.74. The van der Waals surface area contributed by atoms with Crippen molar-refractivity contribution in [2.75, 3.05) is 21.3 Å². The van der Waals surface area contributed by atoms with Gasteiger partial charge >= 0.3 is 5.97 Å². The Balaban J connectivity index is 1.16. The van der Waals surface area contributed by atoms with Crippen molar-refractivity contribution in [1.29, 1.82) is 0 Å². The summed E-state index contributed by atoms with van der Waals surface area (Å²) in [5, 5.41) is 7.10. The van der Waals surface area contributed by atoms with Crippen LogP contribution in [0.5, 0.6) is 17.2 Å². The molecule has 0 N–H and O–H groups in total. The van der Waals surface area contributed by atoms with Gasteiger partial charge in [-0.25, -0.2) is 4.79 Å². The first-order valence-corrected chi connectivity index (χ1v) is 15.1. The van der Waals surface area contributed by atoms with E-state index < -0.39 is 5.97 Å². The molecule has 1 saturated carbocycles. The van der Waals surface area contributed by atoms with Crippen molar-refractivity contribution >= 4 is 23.5 Å². The minimum atomic E-state index is -0.414. The number of rotatable bonds is 8. The second-order valence-electron chi connectivity index (χ2n) is 11.6. The molecule has 7 heteroatoms. The van der Waals surface area contributed by atoms with Crippen molar-refractivity contribution in [3.63, 3.8) is 0 Å². The Morgan fingerprint density at radius 3 is 1.84 bits per heavy atom. The predicted octanol–water partition coefficient (Wildman–Crippen LogP) is 7.63. The molecule has 0 saturated heterocycles. The molecule has 2 aliphatic rings. The second-order valence-corrected chi connectivity index (χ2v) is 11.6. The zero-order chi connectivity index (χ0) is 31.5. The molecule has 4 aromatic carbocycles. The normalized spacial score (nSPS) is 19.9. The number of hydrogen-bond acceptors (Lipinski definition) is 7. The number of hydrogen-bond donors (Lipinski definition) is 0. The minimum absolute atomic E-state index is 0.0193. The van der Waals surface area contributed by atoms with Crippen molar-refractivity contribution in [3.05, 3.63) is 130 Å². The number of esters is 1. The van der Waals surface area contributed by atoms with E-state index in [0.29, 0.717) is 34.1 Å². The highest BCUT2D eigenvalue weighted by Gasteiger charge is 2.41. The van der Waals surface area contributed by atoms with Crippen LogP contribution in [0, 0.1) is 11.8 Å². The number of methoxy groups -OCH3 is 2. The average molecular weight is 601 g/mol. The van der Waals surface area contributed by atoms with Crippen LogP contribution in [0.4, 0.5) is 0 Å². The van der Waals surface area contributed by atoms with Crippen LogP contribution in [0.2, 0.25) is 0 Å². The van der Waals surface area contributed by atoms with E-state index in [0.717, 1.165) is 35.4 Å². The molecule has 228 valence electrons. The van der Waals surface area contributed by atoms with E-state index in [2.05, 4.69) is 18.0 Å². The number of carbonyl (C=O) groups is 2. The molecule has 4 aromatic rings. The summed E-state index contributed by atoms with van der Waals surface area (Å²) in [7, 11) is 5.22. The maximum atomic E-state index is 13.0. The Bertz CT molecular complexity index is 1740. The molecule has 0 bridgehead atoms. The van der Waals surface area contributed by atoms with Crippen LogP contribution in [0.3, 0.4) is 0 Å². The van der Waals surface area contributed by atoms with Gasteiger partial charge in [-0.2, -0.15) is 5.10 Å². The van der Waals surface area contributed by atoms with E-state index in [4.69, 9.17) is 19.3 Å². The lowest BCUT2D eigenvalue weighted by atomic mass is 9.73. The summed E-state index contributed by atoms with van der Waals surface area (Å²) in [6, 6.07) is 29.6. The van der Waals surface area contributed by atoms with Gasteiger partial charge in [-0.15, -0.1) is 0 Å². The van der Waals surface area contributed by atoms with Crippen LogP contribution >= 0.6 is 0 Å². The largest absolute Gasteiger partial charge is 0.497 e. The maximum Gasteiger partial charge on any atom is 0.343 e. The number of carbonyl (C=O) groups excluding carboxylic acids is 2. The molecule has 1 aliphatic heterocycles. The van der Waals surface area contributed by atoms with Crippen LogP contribution in [0.25, 0.3) is 6.08 Å². The lowest BCUT2D eigenvalue weighted by Crippen LogP contribution is -2.29. The molecule has 0 unspecified atom stereocenters. The molecular weight excluding hydrogens is 564 g/mol. The lowest BCUT2D eigenvalue weighted by molar-refractivity contribution is 0.0734. The number of fused-ring (bicyclic) bond motifs is 1. The molecule has 0 amide bonds. The first-order chi connectivity index (χ1) is 21.8. The standard InChI is InChI=1S/C38H36N2O5/c1-24-5-22-33-35(34(24)23-25-6-8-27(9-7-25)37(41)28-12-16-30(43-3)17-13-28)39-40(2)36(33)26-10-20-32(21-11-26)45-38(42)29-14-18-31(44-4)19-15-29/h6-21,23-24,33,36H,5,22H2,1-4H3/b34-23+/t24-,33+,36-/m1/s1. The highest BCUT2D eigenvalue weighted by molar-refractivity contribution is 6.09. The smallest absolute Gasteiger partial charge is 0.343 e. The fourth-order valence-electron chi connectivity index (χ4n) is 6.23. The van der Waals surface area contributed by atoms with Gasteiger partial charge in [-0.1, -0.05) is 43.3 Å². The van der Waals surface area contributed by atoms with Gasteiger partial charge in [0.25, 0.3) is 0 Å². The summed E-state index contributed by atoms with van der Waals surface area (Å²) in [5.74, 6) is 2.09. The Hall–Kier alpha value is -5.17. The highest BCUT2D eigenvalue weighted by atomic mass is 16.5. The van der Waals surface area contributed by atoms with Crippen molar-refractivity contribution in [2.45, 2.75) is 25.8 Å². The van der Waals surface area contributed by atoms with Gasteiger partial charge in [0.15, 0.2) is 5.78 Å². The number of ether oxygens (including phenoxy) is 3. The molecule has 6 rings (SSSR count). The summed E-state index contributed by atoms with van der Waals surface area (Å²) in [6.07, 6.45) is 4.32. The minimum Gasteiger partial charge on any atom is -0.497 e. The zero-order valence-corrected chi connectivity index (χ0v) is 25.9. The van der Waals surface area contributed by atoms with Gasteiger partial charge in [-0.05, 0) is 102 Å². The lowest BCUT2D eigenvalue weighted by Gasteiger charge is -2.31. The van der Waals surface area contributed by atoms with Crippen LogP contribution in [0.1, 0.15) is 63.2 Å². The van der Waals surface area contributed by atoms with Crippen LogP contribution in [-0.2, 0) is 0 Å². The average Bonchev–Trinajstić information content (AvgIpc) is 3.42. The predicted molar refractivity (Wildman–Crippen MR) is 175 cm³/mol. The number of nitrogens with zero attached hydrogens (tertiary/aromatic N) is 2. The highest BCUT2D eigenvalue weighted by Crippen LogP contribution is 2.45. The third-order valence-electron chi connectivity index (χ3n) is 8.74. The SMILES string of the molecule is COc1ccc(C(=O)Oc2ccc([C@@H]3[C@H]4CC[C@@H](C)/C(=C\c5ccc(C(=O)c6ccc(OC)cc6)cc5)C4=NN3C)cc2)cc1. The van der Waals surface area contributed by atoms with E-state index in [1.54, 1.807) is 62.8 Å². The maximum absolute atomic E-state index is 13.0. The molecule has 0 aromatic heterocycles. The molecule has 7 nitrogen and oxygen atoms in total. The fraction of sp³-hybridized carbons (Fsp3) is 0.237. The topological polar surface area (TPSA) is 77.4 Å². The monoisotopic (exact) mass is 600 g/mol. The molecule has 1 fully saturated rings. The second kappa shape index (κ2) is 12.8. The van der Waals surface area contributed by atoms with Crippen molar-refractivity contribution in [2.24, 2.45) is 16.9 Å². The first-order valence-electron chi connectivity index (χ1n) is 15.1. The van der Waals surface area contributed by atoms with Crippen LogP contribution < -0.4 is 14.2 Å². The van der Waals surface area contributed by atoms with Gasteiger partial charge in [-0.3, -0.25) is 9.80 Å². The quantitative estimate of drug-likeness (QED) is 0.118. The molecule has 45 heavy (non-hydrogen) atoms. The van der Waals surface area contributed by atoms with Gasteiger partial charge in [0.2, 0.25) is 0 Å². The van der Waals surface area contributed by atoms with E-state index in [1.807, 2.05) is 55.6 Å². The van der Waals surface area contributed by atoms with Crippen LogP contribution in [-0.4, -0.2) is 43.7 Å². The molecule has 1 heterocycles. The van der Waals surface area contributed by atoms with Crippen molar-refractivity contribution < 1.29 is 23.8 Å². The van der Waals surface area contributed by atoms with Crippen molar-refractivity contribution in [3.8, 4) is 17.2 Å².